The number of hydrogen-bond acceptors (Lipinski definition) is 4. The van der Waals surface area contributed by atoms with E-state index in [1.54, 1.807) is 21.3 Å². The van der Waals surface area contributed by atoms with Gasteiger partial charge in [0.1, 0.15) is 12.4 Å². The van der Waals surface area contributed by atoms with Gasteiger partial charge in [-0.3, -0.25) is 0 Å². The third-order valence-electron chi connectivity index (χ3n) is 2.87. The summed E-state index contributed by atoms with van der Waals surface area (Å²) < 4.78 is 21.5. The lowest BCUT2D eigenvalue weighted by atomic mass is 10.0. The van der Waals surface area contributed by atoms with Crippen LogP contribution in [0, 0.1) is 5.92 Å². The molecule has 4 nitrogen and oxygen atoms in total. The zero-order valence-corrected chi connectivity index (χ0v) is 11.2. The summed E-state index contributed by atoms with van der Waals surface area (Å²) in [6.45, 7) is 0.571. The largest absolute Gasteiger partial charge is 0.497 e. The second-order valence-electron chi connectivity index (χ2n) is 3.74. The maximum absolute atomic E-state index is 5.66. The summed E-state index contributed by atoms with van der Waals surface area (Å²) in [5.41, 5.74) is 1.15. The molecule has 1 fully saturated rings. The van der Waals surface area contributed by atoms with Crippen molar-refractivity contribution < 1.29 is 18.3 Å². The standard InChI is InChI=1S/C12H17O4P/c1-13-12-6-4-10(5-7-12)11-8-16-17(9-11,14-2)15-3/h4-7H,8-9H2,1-3H3/q+1. The lowest BCUT2D eigenvalue weighted by molar-refractivity contribution is 0.210. The Balaban J connectivity index is 2.09. The Hall–Kier alpha value is -0.670. The number of methoxy groups -OCH3 is 1. The lowest BCUT2D eigenvalue weighted by Crippen LogP contribution is -2.04. The summed E-state index contributed by atoms with van der Waals surface area (Å²) in [6.07, 6.45) is 0.729. The summed E-state index contributed by atoms with van der Waals surface area (Å²) in [6, 6.07) is 7.95. The zero-order valence-electron chi connectivity index (χ0n) is 10.3. The topological polar surface area (TPSA) is 36.9 Å². The average molecular weight is 256 g/mol. The molecule has 0 aromatic heterocycles. The molecule has 0 atom stereocenters. The molecule has 2 rings (SSSR count). The lowest BCUT2D eigenvalue weighted by Gasteiger charge is -2.11. The van der Waals surface area contributed by atoms with Crippen molar-refractivity contribution in [1.82, 2.24) is 0 Å². The SMILES string of the molecule is COc1ccc([C]2CO[P+](OC)(OC)C2)cc1. The van der Waals surface area contributed by atoms with E-state index in [1.807, 2.05) is 24.3 Å². The van der Waals surface area contributed by atoms with Crippen molar-refractivity contribution in [1.29, 1.82) is 0 Å². The molecule has 0 bridgehead atoms. The van der Waals surface area contributed by atoms with Crippen LogP contribution >= 0.6 is 7.94 Å². The van der Waals surface area contributed by atoms with Gasteiger partial charge in [0.25, 0.3) is 0 Å². The Morgan fingerprint density at radius 3 is 2.18 bits per heavy atom. The van der Waals surface area contributed by atoms with Gasteiger partial charge in [-0.1, -0.05) is 12.1 Å². The summed E-state index contributed by atoms with van der Waals surface area (Å²) in [5.74, 6) is 2.07. The van der Waals surface area contributed by atoms with Gasteiger partial charge in [0.05, 0.1) is 27.2 Å². The van der Waals surface area contributed by atoms with Gasteiger partial charge in [-0.2, -0.15) is 13.6 Å². The van der Waals surface area contributed by atoms with Gasteiger partial charge in [-0.05, 0) is 17.7 Å². The summed E-state index contributed by atoms with van der Waals surface area (Å²) in [7, 11) is 2.81. The number of ether oxygens (including phenoxy) is 1. The van der Waals surface area contributed by atoms with Crippen molar-refractivity contribution in [2.75, 3.05) is 34.1 Å². The quantitative estimate of drug-likeness (QED) is 0.776. The molecule has 0 saturated carbocycles. The van der Waals surface area contributed by atoms with Crippen LogP contribution in [0.25, 0.3) is 0 Å². The van der Waals surface area contributed by atoms with Crippen LogP contribution in [0.3, 0.4) is 0 Å². The van der Waals surface area contributed by atoms with E-state index in [4.69, 9.17) is 18.3 Å². The van der Waals surface area contributed by atoms with E-state index in [0.29, 0.717) is 6.61 Å². The highest BCUT2D eigenvalue weighted by Crippen LogP contribution is 2.67. The van der Waals surface area contributed by atoms with Gasteiger partial charge in [0, 0.05) is 0 Å². The molecule has 1 radical (unpaired) electrons. The molecule has 0 spiro atoms. The zero-order chi connectivity index (χ0) is 12.3. The Labute approximate surface area is 102 Å². The molecule has 17 heavy (non-hydrogen) atoms. The Kier molecular flexibility index (Phi) is 4.00. The van der Waals surface area contributed by atoms with Gasteiger partial charge in [-0.15, -0.1) is 0 Å². The van der Waals surface area contributed by atoms with Gasteiger partial charge in [0.15, 0.2) is 6.16 Å². The highest BCUT2D eigenvalue weighted by Gasteiger charge is 2.52. The van der Waals surface area contributed by atoms with E-state index in [2.05, 4.69) is 0 Å². The van der Waals surface area contributed by atoms with E-state index in [9.17, 15) is 0 Å². The highest BCUT2D eigenvalue weighted by atomic mass is 31.2. The molecule has 0 amide bonds. The van der Waals surface area contributed by atoms with Gasteiger partial charge in [0.2, 0.25) is 0 Å². The first-order chi connectivity index (χ1) is 8.23. The van der Waals surface area contributed by atoms with Crippen LogP contribution in [0.1, 0.15) is 5.56 Å². The summed E-state index contributed by atoms with van der Waals surface area (Å²) in [5, 5.41) is 0. The molecule has 1 aromatic carbocycles. The minimum absolute atomic E-state index is 0.571. The minimum Gasteiger partial charge on any atom is -0.497 e. The average Bonchev–Trinajstić information content (AvgIpc) is 2.84. The monoisotopic (exact) mass is 256 g/mol. The van der Waals surface area contributed by atoms with Crippen LogP contribution in [0.5, 0.6) is 5.75 Å². The molecule has 0 aliphatic carbocycles. The van der Waals surface area contributed by atoms with E-state index < -0.39 is 7.94 Å². The smallest absolute Gasteiger partial charge is 0.411 e. The molecule has 5 heteroatoms. The van der Waals surface area contributed by atoms with Crippen LogP contribution in [-0.2, 0) is 13.6 Å². The second-order valence-corrected chi connectivity index (χ2v) is 6.27. The molecule has 1 aliphatic heterocycles. The van der Waals surface area contributed by atoms with Crippen molar-refractivity contribution in [3.63, 3.8) is 0 Å². The van der Waals surface area contributed by atoms with Crippen molar-refractivity contribution in [2.45, 2.75) is 0 Å². The van der Waals surface area contributed by atoms with Crippen molar-refractivity contribution >= 4 is 7.94 Å². The van der Waals surface area contributed by atoms with Gasteiger partial charge < -0.3 is 4.74 Å². The Bertz CT molecular complexity index is 361. The third kappa shape index (κ3) is 2.61. The van der Waals surface area contributed by atoms with Crippen LogP contribution in [-0.4, -0.2) is 34.1 Å². The molecule has 93 valence electrons. The summed E-state index contributed by atoms with van der Waals surface area (Å²) >= 11 is 0. The predicted molar refractivity (Wildman–Crippen MR) is 67.1 cm³/mol. The number of hydrogen-bond donors (Lipinski definition) is 0. The van der Waals surface area contributed by atoms with Crippen molar-refractivity contribution in [3.8, 4) is 5.75 Å². The molecule has 0 unspecified atom stereocenters. The molecular formula is C12H17O4P+. The minimum atomic E-state index is -2.12. The maximum Gasteiger partial charge on any atom is 0.411 e. The van der Waals surface area contributed by atoms with Crippen molar-refractivity contribution in [2.24, 2.45) is 0 Å². The second kappa shape index (κ2) is 5.32. The molecule has 1 aliphatic rings. The predicted octanol–water partition coefficient (Wildman–Crippen LogP) is 2.70. The molecule has 1 aromatic rings. The third-order valence-corrected chi connectivity index (χ3v) is 5.28. The first-order valence-corrected chi connectivity index (χ1v) is 7.09. The first kappa shape index (κ1) is 12.8. The molecule has 0 N–H and O–H groups in total. The van der Waals surface area contributed by atoms with Crippen LogP contribution in [0.15, 0.2) is 24.3 Å². The van der Waals surface area contributed by atoms with Gasteiger partial charge >= 0.3 is 7.94 Å². The highest BCUT2D eigenvalue weighted by molar-refractivity contribution is 7.62. The fraction of sp³-hybridized carbons (Fsp3) is 0.417. The Morgan fingerprint density at radius 1 is 1.06 bits per heavy atom. The molecular weight excluding hydrogens is 239 g/mol. The van der Waals surface area contributed by atoms with Crippen LogP contribution in [0.2, 0.25) is 0 Å². The maximum atomic E-state index is 5.66. The van der Waals surface area contributed by atoms with E-state index in [0.717, 1.165) is 17.5 Å². The normalized spacial score (nSPS) is 19.5. The fourth-order valence-electron chi connectivity index (χ4n) is 1.81. The molecule has 1 heterocycles. The van der Waals surface area contributed by atoms with Gasteiger partial charge in [-0.25, -0.2) is 0 Å². The first-order valence-electron chi connectivity index (χ1n) is 5.36. The fourth-order valence-corrected chi connectivity index (χ4v) is 3.61. The van der Waals surface area contributed by atoms with Crippen LogP contribution < -0.4 is 4.74 Å². The van der Waals surface area contributed by atoms with E-state index >= 15 is 0 Å². The van der Waals surface area contributed by atoms with Crippen LogP contribution in [0.4, 0.5) is 0 Å². The number of benzene rings is 1. The summed E-state index contributed by atoms with van der Waals surface area (Å²) in [4.78, 5) is 0. The van der Waals surface area contributed by atoms with Crippen molar-refractivity contribution in [3.05, 3.63) is 35.7 Å². The van der Waals surface area contributed by atoms with E-state index in [1.165, 1.54) is 5.92 Å². The molecule has 1 saturated heterocycles. The van der Waals surface area contributed by atoms with E-state index in [-0.39, 0.29) is 0 Å². The Morgan fingerprint density at radius 2 is 1.71 bits per heavy atom. The number of rotatable bonds is 4.